The summed E-state index contributed by atoms with van der Waals surface area (Å²) in [6.07, 6.45) is 4.40. The second-order valence-electron chi connectivity index (χ2n) is 8.53. The van der Waals surface area contributed by atoms with Gasteiger partial charge in [-0.1, -0.05) is 11.8 Å². The SMILES string of the molecule is COc1ccc(Nc2ncc3c(n2)-c2ccc(C#CCN4CCCC4)cc2NC(=O)C3)cc1OC. The van der Waals surface area contributed by atoms with E-state index < -0.39 is 0 Å². The molecule has 2 aliphatic heterocycles. The Bertz CT molecular complexity index is 1320. The minimum absolute atomic E-state index is 0.101. The highest BCUT2D eigenvalue weighted by atomic mass is 16.5. The lowest BCUT2D eigenvalue weighted by Crippen LogP contribution is -2.18. The van der Waals surface area contributed by atoms with Crippen molar-refractivity contribution in [2.75, 3.05) is 44.5 Å². The molecule has 0 unspecified atom stereocenters. The minimum Gasteiger partial charge on any atom is -0.493 e. The van der Waals surface area contributed by atoms with E-state index in [9.17, 15) is 4.79 Å². The summed E-state index contributed by atoms with van der Waals surface area (Å²) in [7, 11) is 3.18. The van der Waals surface area contributed by atoms with Crippen LogP contribution < -0.4 is 20.1 Å². The zero-order chi connectivity index (χ0) is 24.2. The fraction of sp³-hybridized carbons (Fsp3) is 0.296. The van der Waals surface area contributed by atoms with Crippen molar-refractivity contribution in [2.24, 2.45) is 0 Å². The molecule has 1 saturated heterocycles. The fourth-order valence-electron chi connectivity index (χ4n) is 4.37. The van der Waals surface area contributed by atoms with Gasteiger partial charge in [0.15, 0.2) is 11.5 Å². The van der Waals surface area contributed by atoms with Gasteiger partial charge in [-0.25, -0.2) is 9.97 Å². The van der Waals surface area contributed by atoms with Gasteiger partial charge in [0.2, 0.25) is 11.9 Å². The first kappa shape index (κ1) is 22.7. The van der Waals surface area contributed by atoms with E-state index in [2.05, 4.69) is 32.4 Å². The molecule has 2 aromatic carbocycles. The number of hydrogen-bond donors (Lipinski definition) is 2. The van der Waals surface area contributed by atoms with Gasteiger partial charge in [0, 0.05) is 34.6 Å². The molecular formula is C27H27N5O3. The van der Waals surface area contributed by atoms with Gasteiger partial charge in [-0.3, -0.25) is 9.69 Å². The van der Waals surface area contributed by atoms with Gasteiger partial charge in [-0.05, 0) is 56.3 Å². The molecule has 0 saturated carbocycles. The van der Waals surface area contributed by atoms with Crippen molar-refractivity contribution in [2.45, 2.75) is 19.3 Å². The number of carbonyl (C=O) groups excluding carboxylic acids is 1. The molecule has 3 heterocycles. The number of carbonyl (C=O) groups is 1. The summed E-state index contributed by atoms with van der Waals surface area (Å²) in [5.41, 5.74) is 4.66. The number of likely N-dealkylation sites (tertiary alicyclic amines) is 1. The van der Waals surface area contributed by atoms with Crippen molar-refractivity contribution < 1.29 is 14.3 Å². The maximum Gasteiger partial charge on any atom is 0.228 e. The third-order valence-corrected chi connectivity index (χ3v) is 6.14. The predicted molar refractivity (Wildman–Crippen MR) is 135 cm³/mol. The predicted octanol–water partition coefficient (Wildman–Crippen LogP) is 3.85. The van der Waals surface area contributed by atoms with Crippen LogP contribution >= 0.6 is 0 Å². The van der Waals surface area contributed by atoms with Crippen molar-refractivity contribution in [3.05, 3.63) is 53.7 Å². The highest BCUT2D eigenvalue weighted by Gasteiger charge is 2.21. The topological polar surface area (TPSA) is 88.6 Å². The second kappa shape index (κ2) is 10.0. The van der Waals surface area contributed by atoms with E-state index in [1.54, 1.807) is 20.4 Å². The fourth-order valence-corrected chi connectivity index (χ4v) is 4.37. The number of nitrogens with one attached hydrogen (secondary N) is 2. The first-order chi connectivity index (χ1) is 17.1. The molecule has 178 valence electrons. The van der Waals surface area contributed by atoms with Crippen LogP contribution in [0.4, 0.5) is 17.3 Å². The number of benzene rings is 2. The zero-order valence-corrected chi connectivity index (χ0v) is 19.9. The third kappa shape index (κ3) is 5.05. The molecule has 2 N–H and O–H groups in total. The summed E-state index contributed by atoms with van der Waals surface area (Å²) in [6, 6.07) is 11.4. The van der Waals surface area contributed by atoms with Gasteiger partial charge in [0.1, 0.15) is 0 Å². The Morgan fingerprint density at radius 1 is 1.09 bits per heavy atom. The van der Waals surface area contributed by atoms with Gasteiger partial charge < -0.3 is 20.1 Å². The van der Waals surface area contributed by atoms with Gasteiger partial charge in [0.05, 0.1) is 38.6 Å². The molecule has 0 spiro atoms. The lowest BCUT2D eigenvalue weighted by atomic mass is 10.0. The summed E-state index contributed by atoms with van der Waals surface area (Å²) >= 11 is 0. The van der Waals surface area contributed by atoms with Crippen molar-refractivity contribution in [1.82, 2.24) is 14.9 Å². The summed E-state index contributed by atoms with van der Waals surface area (Å²) in [5, 5.41) is 6.22. The van der Waals surface area contributed by atoms with Crippen LogP contribution in [-0.2, 0) is 11.2 Å². The number of rotatable bonds is 5. The number of hydrogen-bond acceptors (Lipinski definition) is 7. The summed E-state index contributed by atoms with van der Waals surface area (Å²) in [6.45, 7) is 3.00. The maximum atomic E-state index is 12.6. The van der Waals surface area contributed by atoms with Crippen molar-refractivity contribution in [1.29, 1.82) is 0 Å². The van der Waals surface area contributed by atoms with E-state index in [1.165, 1.54) is 12.8 Å². The average molecular weight is 470 g/mol. The highest BCUT2D eigenvalue weighted by Crippen LogP contribution is 2.35. The van der Waals surface area contributed by atoms with Gasteiger partial charge in [-0.15, -0.1) is 0 Å². The molecule has 3 aromatic rings. The maximum absolute atomic E-state index is 12.6. The number of anilines is 3. The molecule has 0 radical (unpaired) electrons. The Kier molecular flexibility index (Phi) is 6.51. The normalized spacial score (nSPS) is 14.6. The second-order valence-corrected chi connectivity index (χ2v) is 8.53. The molecule has 8 heteroatoms. The van der Waals surface area contributed by atoms with E-state index in [4.69, 9.17) is 14.5 Å². The molecule has 35 heavy (non-hydrogen) atoms. The molecule has 1 fully saturated rings. The summed E-state index contributed by atoms with van der Waals surface area (Å²) in [5.74, 6) is 8.06. The molecule has 1 amide bonds. The number of fused-ring (bicyclic) bond motifs is 3. The molecule has 0 bridgehead atoms. The van der Waals surface area contributed by atoms with Crippen LogP contribution in [0.25, 0.3) is 11.3 Å². The standard InChI is InChI=1S/C27H27N5O3/c1-34-23-10-8-20(16-24(23)35-2)29-27-28-17-19-15-25(33)30-22-14-18(7-9-21(22)26(19)31-27)6-5-13-32-11-3-4-12-32/h7-10,14,16-17H,3-4,11-13,15H2,1-2H3,(H,30,33)(H,28,29,31). The molecule has 0 aliphatic carbocycles. The number of methoxy groups -OCH3 is 2. The molecule has 2 aliphatic rings. The van der Waals surface area contributed by atoms with E-state index in [0.29, 0.717) is 28.8 Å². The molecule has 1 aromatic heterocycles. The van der Waals surface area contributed by atoms with Crippen LogP contribution in [-0.4, -0.2) is 54.6 Å². The number of ether oxygens (including phenoxy) is 2. The Labute approximate surface area is 204 Å². The van der Waals surface area contributed by atoms with Crippen LogP contribution in [0.15, 0.2) is 42.6 Å². The van der Waals surface area contributed by atoms with Crippen molar-refractivity contribution in [3.63, 3.8) is 0 Å². The van der Waals surface area contributed by atoms with Gasteiger partial charge in [-0.2, -0.15) is 0 Å². The minimum atomic E-state index is -0.101. The third-order valence-electron chi connectivity index (χ3n) is 6.14. The highest BCUT2D eigenvalue weighted by molar-refractivity contribution is 6.00. The number of amides is 1. The van der Waals surface area contributed by atoms with Gasteiger partial charge >= 0.3 is 0 Å². The van der Waals surface area contributed by atoms with Crippen molar-refractivity contribution in [3.8, 4) is 34.6 Å². The van der Waals surface area contributed by atoms with Crippen molar-refractivity contribution >= 4 is 23.2 Å². The summed E-state index contributed by atoms with van der Waals surface area (Å²) in [4.78, 5) is 24.1. The van der Waals surface area contributed by atoms with E-state index >= 15 is 0 Å². The number of aromatic nitrogens is 2. The van der Waals surface area contributed by atoms with Crippen LogP contribution in [0, 0.1) is 11.8 Å². The van der Waals surface area contributed by atoms with Crippen LogP contribution in [0.1, 0.15) is 24.0 Å². The lowest BCUT2D eigenvalue weighted by Gasteiger charge is -2.12. The largest absolute Gasteiger partial charge is 0.493 e. The van der Waals surface area contributed by atoms with Crippen LogP contribution in [0.3, 0.4) is 0 Å². The monoisotopic (exact) mass is 469 g/mol. The molecular weight excluding hydrogens is 442 g/mol. The zero-order valence-electron chi connectivity index (χ0n) is 19.9. The number of nitrogens with zero attached hydrogens (tertiary/aromatic N) is 3. The lowest BCUT2D eigenvalue weighted by molar-refractivity contribution is -0.115. The molecule has 5 rings (SSSR count). The average Bonchev–Trinajstić information content (AvgIpc) is 3.34. The van der Waals surface area contributed by atoms with E-state index in [-0.39, 0.29) is 12.3 Å². The Morgan fingerprint density at radius 3 is 2.71 bits per heavy atom. The van der Waals surface area contributed by atoms with E-state index in [0.717, 1.165) is 42.0 Å². The van der Waals surface area contributed by atoms with E-state index in [1.807, 2.05) is 36.4 Å². The van der Waals surface area contributed by atoms with Crippen LogP contribution in [0.2, 0.25) is 0 Å². The Hall–Kier alpha value is -4.09. The first-order valence-corrected chi connectivity index (χ1v) is 11.6. The Balaban J connectivity index is 1.43. The summed E-state index contributed by atoms with van der Waals surface area (Å²) < 4.78 is 10.7. The smallest absolute Gasteiger partial charge is 0.228 e. The Morgan fingerprint density at radius 2 is 1.91 bits per heavy atom. The molecule has 8 nitrogen and oxygen atoms in total. The first-order valence-electron chi connectivity index (χ1n) is 11.6. The quantitative estimate of drug-likeness (QED) is 0.549. The van der Waals surface area contributed by atoms with Crippen LogP contribution in [0.5, 0.6) is 11.5 Å². The molecule has 0 atom stereocenters. The van der Waals surface area contributed by atoms with Gasteiger partial charge in [0.25, 0.3) is 0 Å².